The number of rotatable bonds is 3. The van der Waals surface area contributed by atoms with Crippen LogP contribution in [0.15, 0.2) is 18.2 Å². The van der Waals surface area contributed by atoms with E-state index in [9.17, 15) is 9.90 Å². The molecule has 0 aliphatic carbocycles. The van der Waals surface area contributed by atoms with E-state index in [-0.39, 0.29) is 17.7 Å². The fourth-order valence-electron chi connectivity index (χ4n) is 2.26. The van der Waals surface area contributed by atoms with Crippen molar-refractivity contribution in [3.05, 3.63) is 27.3 Å². The molecule has 1 aromatic carbocycles. The minimum absolute atomic E-state index is 0.127. The monoisotopic (exact) mass is 385 g/mol. The van der Waals surface area contributed by atoms with Crippen molar-refractivity contribution in [2.24, 2.45) is 0 Å². The lowest BCUT2D eigenvalue weighted by molar-refractivity contribution is 0.0914. The van der Waals surface area contributed by atoms with Crippen LogP contribution in [0.5, 0.6) is 5.75 Å². The van der Waals surface area contributed by atoms with Gasteiger partial charge in [-0.25, -0.2) is 0 Å². The standard InChI is InChI=1S/C14H16IN3O2/c15-12-2-1-10(9-13(12)19)14(20)17-11-3-6-18(7-4-11)8-5-16/h1-2,9,11,19H,3-4,6-8H2,(H,17,20). The average molecular weight is 385 g/mol. The Morgan fingerprint density at radius 3 is 2.80 bits per heavy atom. The van der Waals surface area contributed by atoms with Gasteiger partial charge in [0.1, 0.15) is 5.75 Å². The number of hydrogen-bond acceptors (Lipinski definition) is 4. The Morgan fingerprint density at radius 2 is 2.20 bits per heavy atom. The van der Waals surface area contributed by atoms with Gasteiger partial charge in [-0.05, 0) is 53.6 Å². The van der Waals surface area contributed by atoms with Crippen LogP contribution in [-0.2, 0) is 0 Å². The van der Waals surface area contributed by atoms with Gasteiger partial charge in [-0.3, -0.25) is 9.69 Å². The van der Waals surface area contributed by atoms with E-state index >= 15 is 0 Å². The van der Waals surface area contributed by atoms with Crippen molar-refractivity contribution < 1.29 is 9.90 Å². The third-order valence-electron chi connectivity index (χ3n) is 3.43. The van der Waals surface area contributed by atoms with Crippen LogP contribution in [0.4, 0.5) is 0 Å². The lowest BCUT2D eigenvalue weighted by Crippen LogP contribution is -2.44. The average Bonchev–Trinajstić information content (AvgIpc) is 2.44. The summed E-state index contributed by atoms with van der Waals surface area (Å²) in [6, 6.07) is 7.20. The number of phenols is 1. The molecule has 1 aliphatic rings. The van der Waals surface area contributed by atoms with Crippen molar-refractivity contribution in [1.29, 1.82) is 5.26 Å². The molecule has 1 saturated heterocycles. The lowest BCUT2D eigenvalue weighted by atomic mass is 10.0. The number of carbonyl (C=O) groups is 1. The van der Waals surface area contributed by atoms with E-state index < -0.39 is 0 Å². The van der Waals surface area contributed by atoms with Crippen molar-refractivity contribution in [2.45, 2.75) is 18.9 Å². The number of hydrogen-bond donors (Lipinski definition) is 2. The Kier molecular flexibility index (Phi) is 5.20. The molecule has 0 aromatic heterocycles. The molecule has 106 valence electrons. The van der Waals surface area contributed by atoms with Crippen LogP contribution in [0.3, 0.4) is 0 Å². The second kappa shape index (κ2) is 6.90. The molecule has 1 aromatic rings. The summed E-state index contributed by atoms with van der Waals surface area (Å²) in [4.78, 5) is 14.2. The van der Waals surface area contributed by atoms with Gasteiger partial charge < -0.3 is 10.4 Å². The number of carbonyl (C=O) groups excluding carboxylic acids is 1. The van der Waals surface area contributed by atoms with Crippen molar-refractivity contribution in [1.82, 2.24) is 10.2 Å². The fraction of sp³-hybridized carbons (Fsp3) is 0.429. The maximum Gasteiger partial charge on any atom is 0.251 e. The SMILES string of the molecule is N#CCN1CCC(NC(=O)c2ccc(I)c(O)c2)CC1. The Morgan fingerprint density at radius 1 is 1.50 bits per heavy atom. The second-order valence-corrected chi connectivity index (χ2v) is 6.01. The molecule has 6 heteroatoms. The van der Waals surface area contributed by atoms with E-state index in [4.69, 9.17) is 5.26 Å². The highest BCUT2D eigenvalue weighted by atomic mass is 127. The van der Waals surface area contributed by atoms with Crippen LogP contribution in [-0.4, -0.2) is 41.6 Å². The molecule has 2 N–H and O–H groups in total. The number of nitrogens with one attached hydrogen (secondary N) is 1. The van der Waals surface area contributed by atoms with Gasteiger partial charge in [-0.2, -0.15) is 5.26 Å². The summed E-state index contributed by atoms with van der Waals surface area (Å²) in [5.41, 5.74) is 0.474. The summed E-state index contributed by atoms with van der Waals surface area (Å²) in [7, 11) is 0. The third kappa shape index (κ3) is 3.84. The first kappa shape index (κ1) is 15.1. The Hall–Kier alpha value is -1.33. The van der Waals surface area contributed by atoms with Gasteiger partial charge in [0.25, 0.3) is 5.91 Å². The summed E-state index contributed by atoms with van der Waals surface area (Å²) in [6.45, 7) is 2.11. The van der Waals surface area contributed by atoms with Crippen LogP contribution in [0, 0.1) is 14.9 Å². The molecule has 0 spiro atoms. The van der Waals surface area contributed by atoms with Crippen molar-refractivity contribution in [3.63, 3.8) is 0 Å². The predicted molar refractivity (Wildman–Crippen MR) is 83.4 cm³/mol. The second-order valence-electron chi connectivity index (χ2n) is 4.85. The topological polar surface area (TPSA) is 76.4 Å². The van der Waals surface area contributed by atoms with Crippen molar-refractivity contribution >= 4 is 28.5 Å². The van der Waals surface area contributed by atoms with Crippen LogP contribution in [0.25, 0.3) is 0 Å². The zero-order chi connectivity index (χ0) is 14.5. The quantitative estimate of drug-likeness (QED) is 0.614. The molecule has 1 fully saturated rings. The maximum atomic E-state index is 12.1. The predicted octanol–water partition coefficient (Wildman–Crippen LogP) is 1.71. The van der Waals surface area contributed by atoms with E-state index in [0.717, 1.165) is 29.5 Å². The molecule has 20 heavy (non-hydrogen) atoms. The Bertz CT molecular complexity index is 534. The Labute approximate surface area is 131 Å². The first-order valence-electron chi connectivity index (χ1n) is 6.49. The molecule has 0 bridgehead atoms. The summed E-state index contributed by atoms with van der Waals surface area (Å²) in [6.07, 6.45) is 1.70. The summed E-state index contributed by atoms with van der Waals surface area (Å²) in [5, 5.41) is 21.2. The summed E-state index contributed by atoms with van der Waals surface area (Å²) < 4.78 is 0.726. The van der Waals surface area contributed by atoms with Crippen LogP contribution >= 0.6 is 22.6 Å². The number of phenolic OH excluding ortho intramolecular Hbond substituents is 1. The molecule has 5 nitrogen and oxygen atoms in total. The summed E-state index contributed by atoms with van der Waals surface area (Å²) >= 11 is 2.02. The first-order valence-corrected chi connectivity index (χ1v) is 7.56. The number of aromatic hydroxyl groups is 1. The van der Waals surface area contributed by atoms with Crippen LogP contribution in [0.2, 0.25) is 0 Å². The number of piperidine rings is 1. The van der Waals surface area contributed by atoms with Gasteiger partial charge in [0.05, 0.1) is 16.2 Å². The largest absolute Gasteiger partial charge is 0.507 e. The molecule has 0 saturated carbocycles. The third-order valence-corrected chi connectivity index (χ3v) is 4.34. The number of likely N-dealkylation sites (tertiary alicyclic amines) is 1. The molecular weight excluding hydrogens is 369 g/mol. The molecule has 0 atom stereocenters. The number of benzene rings is 1. The fourth-order valence-corrected chi connectivity index (χ4v) is 2.59. The highest BCUT2D eigenvalue weighted by Gasteiger charge is 2.21. The maximum absolute atomic E-state index is 12.1. The zero-order valence-electron chi connectivity index (χ0n) is 11.0. The lowest BCUT2D eigenvalue weighted by Gasteiger charge is -2.30. The highest BCUT2D eigenvalue weighted by Crippen LogP contribution is 2.20. The minimum Gasteiger partial charge on any atom is -0.507 e. The van der Waals surface area contributed by atoms with Gasteiger partial charge in [0.2, 0.25) is 0 Å². The first-order chi connectivity index (χ1) is 9.60. The number of nitriles is 1. The van der Waals surface area contributed by atoms with Crippen LogP contribution in [0.1, 0.15) is 23.2 Å². The van der Waals surface area contributed by atoms with E-state index in [1.165, 1.54) is 6.07 Å². The smallest absolute Gasteiger partial charge is 0.251 e. The minimum atomic E-state index is -0.157. The van der Waals surface area contributed by atoms with Gasteiger partial charge >= 0.3 is 0 Å². The van der Waals surface area contributed by atoms with E-state index in [2.05, 4.69) is 16.3 Å². The zero-order valence-corrected chi connectivity index (χ0v) is 13.1. The van der Waals surface area contributed by atoms with Gasteiger partial charge in [-0.15, -0.1) is 0 Å². The van der Waals surface area contributed by atoms with Crippen LogP contribution < -0.4 is 5.32 Å². The molecule has 1 amide bonds. The molecule has 0 radical (unpaired) electrons. The van der Waals surface area contributed by atoms with E-state index in [1.54, 1.807) is 12.1 Å². The number of halogens is 1. The summed E-state index contributed by atoms with van der Waals surface area (Å²) in [5.74, 6) is -0.0301. The van der Waals surface area contributed by atoms with Gasteiger partial charge in [-0.1, -0.05) is 0 Å². The molecule has 1 heterocycles. The number of amides is 1. The molecule has 2 rings (SSSR count). The van der Waals surface area contributed by atoms with E-state index in [0.29, 0.717) is 12.1 Å². The highest BCUT2D eigenvalue weighted by molar-refractivity contribution is 14.1. The van der Waals surface area contributed by atoms with Gasteiger partial charge in [0, 0.05) is 24.7 Å². The molecule has 0 unspecified atom stereocenters. The van der Waals surface area contributed by atoms with Crippen molar-refractivity contribution in [3.8, 4) is 11.8 Å². The molecule has 1 aliphatic heterocycles. The number of nitrogens with zero attached hydrogens (tertiary/aromatic N) is 2. The Balaban J connectivity index is 1.89. The van der Waals surface area contributed by atoms with E-state index in [1.807, 2.05) is 22.6 Å². The molecular formula is C14H16IN3O2. The normalized spacial score (nSPS) is 16.6. The van der Waals surface area contributed by atoms with Crippen molar-refractivity contribution in [2.75, 3.05) is 19.6 Å². The van der Waals surface area contributed by atoms with Gasteiger partial charge in [0.15, 0.2) is 0 Å².